The second-order valence-electron chi connectivity index (χ2n) is 8.62. The summed E-state index contributed by atoms with van der Waals surface area (Å²) in [5, 5.41) is 2.76. The summed E-state index contributed by atoms with van der Waals surface area (Å²) < 4.78 is 70.0. The first-order chi connectivity index (χ1) is 17.0. The molecule has 1 amide bonds. The summed E-state index contributed by atoms with van der Waals surface area (Å²) in [6, 6.07) is 8.78. The van der Waals surface area contributed by atoms with Crippen LogP contribution in [0.3, 0.4) is 0 Å². The van der Waals surface area contributed by atoms with Crippen molar-refractivity contribution in [1.82, 2.24) is 8.61 Å². The van der Waals surface area contributed by atoms with Crippen molar-refractivity contribution < 1.29 is 35.8 Å². The minimum Gasteiger partial charge on any atom is -0.495 e. The van der Waals surface area contributed by atoms with Crippen molar-refractivity contribution in [1.29, 1.82) is 0 Å². The number of piperidine rings is 1. The molecule has 196 valence electrons. The largest absolute Gasteiger partial charge is 0.495 e. The van der Waals surface area contributed by atoms with Crippen molar-refractivity contribution in [2.45, 2.75) is 22.6 Å². The maximum absolute atomic E-state index is 13.2. The number of anilines is 1. The van der Waals surface area contributed by atoms with Crippen LogP contribution in [0.2, 0.25) is 0 Å². The van der Waals surface area contributed by atoms with E-state index in [0.29, 0.717) is 43.3 Å². The third-order valence-corrected chi connectivity index (χ3v) is 9.89. The van der Waals surface area contributed by atoms with Gasteiger partial charge in [-0.3, -0.25) is 4.79 Å². The zero-order valence-electron chi connectivity index (χ0n) is 20.3. The Kier molecular flexibility index (Phi) is 7.46. The quantitative estimate of drug-likeness (QED) is 0.563. The molecule has 0 spiro atoms. The van der Waals surface area contributed by atoms with Crippen LogP contribution in [0, 0.1) is 5.92 Å². The Bertz CT molecular complexity index is 1350. The Morgan fingerprint density at radius 3 is 2.25 bits per heavy atom. The third kappa shape index (κ3) is 5.14. The number of nitrogens with one attached hydrogen (secondary N) is 1. The van der Waals surface area contributed by atoms with Crippen molar-refractivity contribution in [3.8, 4) is 17.2 Å². The van der Waals surface area contributed by atoms with Crippen molar-refractivity contribution in [2.75, 3.05) is 52.8 Å². The molecule has 1 saturated heterocycles. The van der Waals surface area contributed by atoms with Crippen LogP contribution in [-0.2, 0) is 24.8 Å². The van der Waals surface area contributed by atoms with E-state index in [2.05, 4.69) is 5.32 Å². The summed E-state index contributed by atoms with van der Waals surface area (Å²) in [7, 11) is -3.21. The van der Waals surface area contributed by atoms with Crippen LogP contribution >= 0.6 is 0 Å². The predicted octanol–water partition coefficient (Wildman–Crippen LogP) is 1.76. The van der Waals surface area contributed by atoms with Gasteiger partial charge in [-0.15, -0.1) is 0 Å². The van der Waals surface area contributed by atoms with E-state index in [1.54, 1.807) is 6.07 Å². The number of ether oxygens (including phenoxy) is 3. The van der Waals surface area contributed by atoms with E-state index in [0.717, 1.165) is 4.31 Å². The maximum Gasteiger partial charge on any atom is 0.243 e. The molecule has 2 aromatic carbocycles. The fourth-order valence-corrected chi connectivity index (χ4v) is 6.50. The molecule has 13 heteroatoms. The number of carbonyl (C=O) groups is 1. The molecule has 4 rings (SSSR count). The van der Waals surface area contributed by atoms with Gasteiger partial charge in [0.15, 0.2) is 11.5 Å². The average molecular weight is 540 g/mol. The van der Waals surface area contributed by atoms with Crippen LogP contribution in [-0.4, -0.2) is 78.9 Å². The lowest BCUT2D eigenvalue weighted by Gasteiger charge is -2.31. The molecule has 11 nitrogen and oxygen atoms in total. The number of amides is 1. The molecule has 2 aliphatic heterocycles. The van der Waals surface area contributed by atoms with Gasteiger partial charge in [0.1, 0.15) is 19.0 Å². The van der Waals surface area contributed by atoms with E-state index in [9.17, 15) is 21.6 Å². The van der Waals surface area contributed by atoms with Crippen molar-refractivity contribution in [3.05, 3.63) is 36.4 Å². The Morgan fingerprint density at radius 2 is 1.61 bits per heavy atom. The van der Waals surface area contributed by atoms with Crippen LogP contribution < -0.4 is 19.5 Å². The van der Waals surface area contributed by atoms with Crippen LogP contribution in [0.25, 0.3) is 0 Å². The highest BCUT2D eigenvalue weighted by Gasteiger charge is 2.33. The van der Waals surface area contributed by atoms with E-state index in [1.807, 2.05) is 0 Å². The molecule has 2 heterocycles. The van der Waals surface area contributed by atoms with E-state index < -0.39 is 26.0 Å². The molecule has 2 aromatic rings. The molecule has 0 aliphatic carbocycles. The number of nitrogens with zero attached hydrogens (tertiary/aromatic N) is 2. The van der Waals surface area contributed by atoms with Gasteiger partial charge in [0.25, 0.3) is 0 Å². The number of hydrogen-bond donors (Lipinski definition) is 1. The molecule has 0 atom stereocenters. The van der Waals surface area contributed by atoms with Gasteiger partial charge >= 0.3 is 0 Å². The summed E-state index contributed by atoms with van der Waals surface area (Å²) in [6.07, 6.45) is 0.626. The monoisotopic (exact) mass is 539 g/mol. The number of sulfonamides is 2. The van der Waals surface area contributed by atoms with E-state index in [1.165, 1.54) is 55.8 Å². The number of benzene rings is 2. The molecule has 0 unspecified atom stereocenters. The molecule has 1 fully saturated rings. The number of fused-ring (bicyclic) bond motifs is 1. The Hall–Kier alpha value is -2.87. The van der Waals surface area contributed by atoms with Crippen molar-refractivity contribution in [2.24, 2.45) is 5.92 Å². The summed E-state index contributed by atoms with van der Waals surface area (Å²) in [4.78, 5) is 13.1. The zero-order chi connectivity index (χ0) is 26.1. The number of carbonyl (C=O) groups excluding carboxylic acids is 1. The van der Waals surface area contributed by atoms with Gasteiger partial charge in [0, 0.05) is 39.2 Å². The number of rotatable bonds is 7. The predicted molar refractivity (Wildman–Crippen MR) is 131 cm³/mol. The first-order valence-electron chi connectivity index (χ1n) is 11.4. The molecular weight excluding hydrogens is 510 g/mol. The summed E-state index contributed by atoms with van der Waals surface area (Å²) >= 11 is 0. The maximum atomic E-state index is 13.2. The summed E-state index contributed by atoms with van der Waals surface area (Å²) in [6.45, 7) is 1.10. The van der Waals surface area contributed by atoms with Gasteiger partial charge < -0.3 is 19.5 Å². The highest BCUT2D eigenvalue weighted by atomic mass is 32.2. The standard InChI is InChI=1S/C23H29N3O8S2/c1-25(2)35(28,29)17-4-6-20(32-3)19(14-17)24-23(27)16-8-10-26(11-9-16)36(30,31)18-5-7-21-22(15-18)34-13-12-33-21/h4-7,14-16H,8-13H2,1-3H3,(H,24,27). The summed E-state index contributed by atoms with van der Waals surface area (Å²) in [5.74, 6) is 0.441. The van der Waals surface area contributed by atoms with E-state index >= 15 is 0 Å². The van der Waals surface area contributed by atoms with Crippen LogP contribution in [0.1, 0.15) is 12.8 Å². The lowest BCUT2D eigenvalue weighted by Crippen LogP contribution is -2.41. The number of methoxy groups -OCH3 is 1. The molecule has 36 heavy (non-hydrogen) atoms. The Balaban J connectivity index is 1.44. The average Bonchev–Trinajstić information content (AvgIpc) is 2.88. The minimum absolute atomic E-state index is 0.0175. The van der Waals surface area contributed by atoms with Crippen LogP contribution in [0.15, 0.2) is 46.2 Å². The molecular formula is C23H29N3O8S2. The second kappa shape index (κ2) is 10.2. The fourth-order valence-electron chi connectivity index (χ4n) is 4.08. The molecule has 1 N–H and O–H groups in total. The first kappa shape index (κ1) is 26.2. The van der Waals surface area contributed by atoms with Gasteiger partial charge in [-0.2, -0.15) is 4.31 Å². The van der Waals surface area contributed by atoms with Gasteiger partial charge in [-0.25, -0.2) is 21.1 Å². The summed E-state index contributed by atoms with van der Waals surface area (Å²) in [5.41, 5.74) is 0.233. The Morgan fingerprint density at radius 1 is 0.972 bits per heavy atom. The molecule has 2 aliphatic rings. The normalized spacial score (nSPS) is 17.1. The smallest absolute Gasteiger partial charge is 0.243 e. The lowest BCUT2D eigenvalue weighted by molar-refractivity contribution is -0.120. The topological polar surface area (TPSA) is 132 Å². The molecule has 0 radical (unpaired) electrons. The SMILES string of the molecule is COc1ccc(S(=O)(=O)N(C)C)cc1NC(=O)C1CCN(S(=O)(=O)c2ccc3c(c2)OCCO3)CC1. The Labute approximate surface area is 211 Å². The lowest BCUT2D eigenvalue weighted by atomic mass is 9.97. The minimum atomic E-state index is -3.77. The van der Waals surface area contributed by atoms with Gasteiger partial charge in [-0.05, 0) is 43.2 Å². The van der Waals surface area contributed by atoms with Gasteiger partial charge in [-0.1, -0.05) is 0 Å². The zero-order valence-corrected chi connectivity index (χ0v) is 21.9. The van der Waals surface area contributed by atoms with Crippen molar-refractivity contribution in [3.63, 3.8) is 0 Å². The first-order valence-corrected chi connectivity index (χ1v) is 14.2. The number of hydrogen-bond acceptors (Lipinski definition) is 8. The van der Waals surface area contributed by atoms with Gasteiger partial charge in [0.2, 0.25) is 26.0 Å². The van der Waals surface area contributed by atoms with Crippen molar-refractivity contribution >= 4 is 31.6 Å². The van der Waals surface area contributed by atoms with E-state index in [4.69, 9.17) is 14.2 Å². The highest BCUT2D eigenvalue weighted by molar-refractivity contribution is 7.89. The third-order valence-electron chi connectivity index (χ3n) is 6.18. The highest BCUT2D eigenvalue weighted by Crippen LogP contribution is 2.34. The molecule has 0 saturated carbocycles. The van der Waals surface area contributed by atoms with Crippen LogP contribution in [0.4, 0.5) is 5.69 Å². The van der Waals surface area contributed by atoms with E-state index in [-0.39, 0.29) is 34.5 Å². The molecule has 0 bridgehead atoms. The van der Waals surface area contributed by atoms with Gasteiger partial charge in [0.05, 0.1) is 22.6 Å². The molecule has 0 aromatic heterocycles. The second-order valence-corrected chi connectivity index (χ2v) is 12.7. The van der Waals surface area contributed by atoms with Crippen LogP contribution in [0.5, 0.6) is 17.2 Å². The fraction of sp³-hybridized carbons (Fsp3) is 0.435.